The number of hydrogen-bond acceptors (Lipinski definition) is 4. The molecule has 0 aliphatic heterocycles. The number of nitrogens with one attached hydrogen (secondary N) is 1. The summed E-state index contributed by atoms with van der Waals surface area (Å²) in [5, 5.41) is 1.98. The normalized spacial score (nSPS) is 12.6. The van der Waals surface area contributed by atoms with Gasteiger partial charge in [-0.05, 0) is 5.56 Å². The number of benzene rings is 1. The topological polar surface area (TPSA) is 81.4 Å². The molecule has 8 heteroatoms. The van der Waals surface area contributed by atoms with E-state index in [1.165, 1.54) is 0 Å². The first-order valence-corrected chi connectivity index (χ1v) is 5.18. The third-order valence-corrected chi connectivity index (χ3v) is 2.11. The highest BCUT2D eigenvalue weighted by Crippen LogP contribution is 2.16. The van der Waals surface area contributed by atoms with Crippen LogP contribution >= 0.6 is 0 Å². The molecule has 0 spiro atoms. The summed E-state index contributed by atoms with van der Waals surface area (Å²) in [6, 6.07) is 7.98. The Morgan fingerprint density at radius 1 is 1.26 bits per heavy atom. The molecule has 1 aromatic rings. The second-order valence-electron chi connectivity index (χ2n) is 3.57. The second-order valence-corrected chi connectivity index (χ2v) is 3.57. The van der Waals surface area contributed by atoms with Crippen LogP contribution in [0.2, 0.25) is 0 Å². The largest absolute Gasteiger partial charge is 0.491 e. The second kappa shape index (κ2) is 6.19. The summed E-state index contributed by atoms with van der Waals surface area (Å²) in [5.41, 5.74) is 6.37. The molecule has 1 rings (SSSR count). The van der Waals surface area contributed by atoms with Crippen molar-refractivity contribution in [3.8, 4) is 0 Å². The first-order valence-electron chi connectivity index (χ1n) is 5.18. The van der Waals surface area contributed by atoms with E-state index in [1.54, 1.807) is 30.3 Å². The lowest BCUT2D eigenvalue weighted by atomic mass is 10.1. The van der Waals surface area contributed by atoms with E-state index in [1.807, 2.05) is 5.32 Å². The summed E-state index contributed by atoms with van der Waals surface area (Å²) in [4.78, 5) is 21.3. The van der Waals surface area contributed by atoms with Gasteiger partial charge < -0.3 is 15.8 Å². The van der Waals surface area contributed by atoms with Crippen LogP contribution in [0.25, 0.3) is 0 Å². The molecule has 1 amide bonds. The number of hydrogen-bond donors (Lipinski definition) is 2. The monoisotopic (exact) mass is 276 g/mol. The van der Waals surface area contributed by atoms with Crippen molar-refractivity contribution in [2.75, 3.05) is 6.54 Å². The van der Waals surface area contributed by atoms with E-state index in [0.29, 0.717) is 5.56 Å². The summed E-state index contributed by atoms with van der Waals surface area (Å²) < 4.78 is 38.9. The van der Waals surface area contributed by atoms with E-state index in [-0.39, 0.29) is 6.54 Å². The SMILES string of the molecule is NC(CNC(=O)OC(=O)C(F)(F)F)c1ccccc1. The zero-order valence-corrected chi connectivity index (χ0v) is 9.61. The number of halogens is 3. The molecule has 0 bridgehead atoms. The fraction of sp³-hybridized carbons (Fsp3) is 0.273. The molecule has 19 heavy (non-hydrogen) atoms. The van der Waals surface area contributed by atoms with Gasteiger partial charge in [-0.2, -0.15) is 13.2 Å². The average molecular weight is 276 g/mol. The lowest BCUT2D eigenvalue weighted by Gasteiger charge is -2.13. The van der Waals surface area contributed by atoms with Gasteiger partial charge in [-0.15, -0.1) is 0 Å². The third-order valence-electron chi connectivity index (χ3n) is 2.11. The van der Waals surface area contributed by atoms with Gasteiger partial charge in [0.25, 0.3) is 0 Å². The van der Waals surface area contributed by atoms with Crippen LogP contribution in [-0.2, 0) is 9.53 Å². The fourth-order valence-electron chi connectivity index (χ4n) is 1.19. The molecule has 0 saturated heterocycles. The molecule has 0 fully saturated rings. The van der Waals surface area contributed by atoms with E-state index < -0.39 is 24.3 Å². The van der Waals surface area contributed by atoms with E-state index in [9.17, 15) is 22.8 Å². The van der Waals surface area contributed by atoms with Gasteiger partial charge in [0.1, 0.15) is 0 Å². The van der Waals surface area contributed by atoms with E-state index >= 15 is 0 Å². The highest BCUT2D eigenvalue weighted by molar-refractivity contribution is 5.87. The van der Waals surface area contributed by atoms with Crippen LogP contribution in [0.5, 0.6) is 0 Å². The standard InChI is InChI=1S/C11H11F3N2O3/c12-11(13,14)9(17)19-10(18)16-6-8(15)7-4-2-1-3-5-7/h1-5,8H,6,15H2,(H,16,18). The minimum atomic E-state index is -5.21. The Labute approximate surface area is 106 Å². The van der Waals surface area contributed by atoms with Gasteiger partial charge in [-0.1, -0.05) is 30.3 Å². The van der Waals surface area contributed by atoms with Crippen LogP contribution in [0.3, 0.4) is 0 Å². The van der Waals surface area contributed by atoms with Crippen LogP contribution in [0, 0.1) is 0 Å². The van der Waals surface area contributed by atoms with Crippen molar-refractivity contribution in [2.45, 2.75) is 12.2 Å². The van der Waals surface area contributed by atoms with Crippen LogP contribution in [0.4, 0.5) is 18.0 Å². The average Bonchev–Trinajstić information content (AvgIpc) is 2.35. The molecule has 3 N–H and O–H groups in total. The number of alkyl carbamates (subject to hydrolysis) is 1. The molecule has 1 aromatic carbocycles. The molecule has 0 aromatic heterocycles. The molecule has 1 atom stereocenters. The maximum atomic E-state index is 11.8. The van der Waals surface area contributed by atoms with Gasteiger partial charge in [-0.25, -0.2) is 9.59 Å². The Morgan fingerprint density at radius 2 is 1.84 bits per heavy atom. The van der Waals surface area contributed by atoms with Crippen molar-refractivity contribution in [2.24, 2.45) is 5.73 Å². The van der Waals surface area contributed by atoms with Crippen molar-refractivity contribution in [3.63, 3.8) is 0 Å². The van der Waals surface area contributed by atoms with Crippen molar-refractivity contribution in [1.82, 2.24) is 5.32 Å². The fourth-order valence-corrected chi connectivity index (χ4v) is 1.19. The Bertz CT molecular complexity index is 448. The van der Waals surface area contributed by atoms with Crippen molar-refractivity contribution in [1.29, 1.82) is 0 Å². The van der Waals surface area contributed by atoms with Crippen molar-refractivity contribution in [3.05, 3.63) is 35.9 Å². The summed E-state index contributed by atoms with van der Waals surface area (Å²) in [7, 11) is 0. The molecule has 1 unspecified atom stereocenters. The molecule has 0 heterocycles. The molecule has 0 aliphatic carbocycles. The lowest BCUT2D eigenvalue weighted by molar-refractivity contribution is -0.192. The number of ether oxygens (including phenoxy) is 1. The van der Waals surface area contributed by atoms with Crippen LogP contribution in [0.1, 0.15) is 11.6 Å². The van der Waals surface area contributed by atoms with E-state index in [2.05, 4.69) is 4.74 Å². The lowest BCUT2D eigenvalue weighted by Crippen LogP contribution is -2.36. The number of amides is 1. The van der Waals surface area contributed by atoms with Gasteiger partial charge in [0, 0.05) is 12.6 Å². The van der Waals surface area contributed by atoms with Crippen LogP contribution in [0.15, 0.2) is 30.3 Å². The predicted octanol–water partition coefficient (Wildman–Crippen LogP) is 1.50. The highest BCUT2D eigenvalue weighted by Gasteiger charge is 2.42. The Kier molecular flexibility index (Phi) is 4.87. The van der Waals surface area contributed by atoms with E-state index in [4.69, 9.17) is 5.73 Å². The van der Waals surface area contributed by atoms with Gasteiger partial charge in [0.05, 0.1) is 0 Å². The molecular weight excluding hydrogens is 265 g/mol. The smallest absolute Gasteiger partial charge is 0.369 e. The number of alkyl halides is 3. The first-order chi connectivity index (χ1) is 8.80. The molecule has 0 aliphatic rings. The third kappa shape index (κ3) is 4.96. The van der Waals surface area contributed by atoms with Gasteiger partial charge >= 0.3 is 18.2 Å². The maximum Gasteiger partial charge on any atom is 0.491 e. The van der Waals surface area contributed by atoms with Crippen molar-refractivity contribution < 1.29 is 27.5 Å². The molecule has 5 nitrogen and oxygen atoms in total. The Morgan fingerprint density at radius 3 is 2.37 bits per heavy atom. The first kappa shape index (κ1) is 15.0. The molecular formula is C11H11F3N2O3. The number of carbonyl (C=O) groups is 2. The minimum Gasteiger partial charge on any atom is -0.369 e. The zero-order chi connectivity index (χ0) is 14.5. The highest BCUT2D eigenvalue weighted by atomic mass is 19.4. The molecule has 0 saturated carbocycles. The summed E-state index contributed by atoms with van der Waals surface area (Å²) in [6.45, 7) is -0.159. The Hall–Kier alpha value is -2.09. The number of esters is 1. The summed E-state index contributed by atoms with van der Waals surface area (Å²) >= 11 is 0. The van der Waals surface area contributed by atoms with E-state index in [0.717, 1.165) is 0 Å². The minimum absolute atomic E-state index is 0.159. The van der Waals surface area contributed by atoms with Gasteiger partial charge in [0.2, 0.25) is 0 Å². The van der Waals surface area contributed by atoms with Crippen molar-refractivity contribution >= 4 is 12.1 Å². The van der Waals surface area contributed by atoms with Gasteiger partial charge in [0.15, 0.2) is 0 Å². The molecule has 0 radical (unpaired) electrons. The predicted molar refractivity (Wildman–Crippen MR) is 58.9 cm³/mol. The quantitative estimate of drug-likeness (QED) is 0.647. The molecule has 104 valence electrons. The summed E-state index contributed by atoms with van der Waals surface area (Å²) in [5.74, 6) is -2.57. The maximum absolute atomic E-state index is 11.8. The zero-order valence-electron chi connectivity index (χ0n) is 9.61. The number of rotatable bonds is 3. The summed E-state index contributed by atoms with van der Waals surface area (Å²) in [6.07, 6.45) is -6.70. The Balaban J connectivity index is 2.41. The van der Waals surface area contributed by atoms with Gasteiger partial charge in [-0.3, -0.25) is 0 Å². The van der Waals surface area contributed by atoms with Crippen LogP contribution in [-0.4, -0.2) is 24.8 Å². The number of nitrogens with two attached hydrogens (primary N) is 1. The number of carbonyl (C=O) groups excluding carboxylic acids is 2. The van der Waals surface area contributed by atoms with Crippen LogP contribution < -0.4 is 11.1 Å².